The van der Waals surface area contributed by atoms with Crippen LogP contribution in [-0.2, 0) is 0 Å². The van der Waals surface area contributed by atoms with Gasteiger partial charge in [-0.05, 0) is 43.6 Å². The summed E-state index contributed by atoms with van der Waals surface area (Å²) in [5.74, 6) is -0.239. The number of hydrogen-bond acceptors (Lipinski definition) is 2. The van der Waals surface area contributed by atoms with E-state index in [0.29, 0.717) is 6.54 Å². The van der Waals surface area contributed by atoms with Gasteiger partial charge in [0.1, 0.15) is 5.82 Å². The molecular formula is C17H26FN3O. The molecule has 5 heteroatoms. The zero-order chi connectivity index (χ0) is 15.9. The minimum atomic E-state index is -0.239. The fourth-order valence-electron chi connectivity index (χ4n) is 3.00. The van der Waals surface area contributed by atoms with Gasteiger partial charge in [0.25, 0.3) is 0 Å². The Morgan fingerprint density at radius 2 is 2.00 bits per heavy atom. The third-order valence-corrected chi connectivity index (χ3v) is 4.37. The van der Waals surface area contributed by atoms with E-state index in [1.165, 1.54) is 12.1 Å². The zero-order valence-corrected chi connectivity index (χ0v) is 13.5. The standard InChI is InChI=1S/C17H26FN3O/c1-3-20(4-2)13-11-19-17(22)21-12-5-6-16(21)14-7-9-15(18)10-8-14/h7-10,16H,3-6,11-13H2,1-2H3,(H,19,22). The highest BCUT2D eigenvalue weighted by Crippen LogP contribution is 2.31. The van der Waals surface area contributed by atoms with Crippen LogP contribution in [0.4, 0.5) is 9.18 Å². The molecule has 1 aromatic rings. The Morgan fingerprint density at radius 1 is 1.32 bits per heavy atom. The highest BCUT2D eigenvalue weighted by atomic mass is 19.1. The molecule has 1 fully saturated rings. The number of hydrogen-bond donors (Lipinski definition) is 1. The zero-order valence-electron chi connectivity index (χ0n) is 13.5. The van der Waals surface area contributed by atoms with Gasteiger partial charge in [-0.3, -0.25) is 0 Å². The van der Waals surface area contributed by atoms with Crippen LogP contribution in [0, 0.1) is 5.82 Å². The SMILES string of the molecule is CCN(CC)CCNC(=O)N1CCCC1c1ccc(F)cc1. The molecule has 1 N–H and O–H groups in total. The van der Waals surface area contributed by atoms with E-state index in [2.05, 4.69) is 24.1 Å². The van der Waals surface area contributed by atoms with Crippen LogP contribution in [-0.4, -0.2) is 48.6 Å². The summed E-state index contributed by atoms with van der Waals surface area (Å²) in [4.78, 5) is 16.5. The lowest BCUT2D eigenvalue weighted by molar-refractivity contribution is 0.190. The van der Waals surface area contributed by atoms with E-state index < -0.39 is 0 Å². The lowest BCUT2D eigenvalue weighted by Gasteiger charge is -2.26. The Balaban J connectivity index is 1.89. The lowest BCUT2D eigenvalue weighted by atomic mass is 10.0. The van der Waals surface area contributed by atoms with Crippen molar-refractivity contribution >= 4 is 6.03 Å². The number of amides is 2. The number of carbonyl (C=O) groups is 1. The van der Waals surface area contributed by atoms with Gasteiger partial charge < -0.3 is 15.1 Å². The fraction of sp³-hybridized carbons (Fsp3) is 0.588. The lowest BCUT2D eigenvalue weighted by Crippen LogP contribution is -2.42. The summed E-state index contributed by atoms with van der Waals surface area (Å²) in [5, 5.41) is 3.01. The molecule has 0 aromatic heterocycles. The smallest absolute Gasteiger partial charge is 0.317 e. The maximum absolute atomic E-state index is 13.0. The minimum Gasteiger partial charge on any atom is -0.337 e. The van der Waals surface area contributed by atoms with E-state index >= 15 is 0 Å². The van der Waals surface area contributed by atoms with Gasteiger partial charge in [-0.2, -0.15) is 0 Å². The van der Waals surface area contributed by atoms with Crippen molar-refractivity contribution in [2.75, 3.05) is 32.7 Å². The summed E-state index contributed by atoms with van der Waals surface area (Å²) in [5.41, 5.74) is 1.01. The third-order valence-electron chi connectivity index (χ3n) is 4.37. The van der Waals surface area contributed by atoms with E-state index in [-0.39, 0.29) is 17.9 Å². The van der Waals surface area contributed by atoms with Crippen LogP contribution < -0.4 is 5.32 Å². The molecule has 1 atom stereocenters. The largest absolute Gasteiger partial charge is 0.337 e. The normalized spacial score (nSPS) is 18.0. The Bertz CT molecular complexity index is 473. The summed E-state index contributed by atoms with van der Waals surface area (Å²) < 4.78 is 13.0. The number of likely N-dealkylation sites (tertiary alicyclic amines) is 1. The molecule has 1 heterocycles. The molecule has 0 saturated carbocycles. The molecule has 1 saturated heterocycles. The Hall–Kier alpha value is -1.62. The summed E-state index contributed by atoms with van der Waals surface area (Å²) in [6.45, 7) is 8.52. The van der Waals surface area contributed by atoms with Gasteiger partial charge in [0.2, 0.25) is 0 Å². The van der Waals surface area contributed by atoms with Crippen molar-refractivity contribution in [3.63, 3.8) is 0 Å². The first kappa shape index (κ1) is 16.7. The Morgan fingerprint density at radius 3 is 2.64 bits per heavy atom. The van der Waals surface area contributed by atoms with Gasteiger partial charge in [0.15, 0.2) is 0 Å². The number of carbonyl (C=O) groups excluding carboxylic acids is 1. The van der Waals surface area contributed by atoms with Crippen molar-refractivity contribution in [2.45, 2.75) is 32.7 Å². The van der Waals surface area contributed by atoms with Gasteiger partial charge in [0.05, 0.1) is 6.04 Å². The van der Waals surface area contributed by atoms with Crippen molar-refractivity contribution in [3.8, 4) is 0 Å². The van der Waals surface area contributed by atoms with Crippen molar-refractivity contribution in [3.05, 3.63) is 35.6 Å². The van der Waals surface area contributed by atoms with Gasteiger partial charge in [-0.15, -0.1) is 0 Å². The summed E-state index contributed by atoms with van der Waals surface area (Å²) in [6, 6.07) is 6.53. The van der Waals surface area contributed by atoms with Crippen LogP contribution in [0.1, 0.15) is 38.3 Å². The highest BCUT2D eigenvalue weighted by Gasteiger charge is 2.29. The monoisotopic (exact) mass is 307 g/mol. The molecule has 1 unspecified atom stereocenters. The van der Waals surface area contributed by atoms with Crippen LogP contribution in [0.15, 0.2) is 24.3 Å². The Labute approximate surface area is 132 Å². The molecule has 2 rings (SSSR count). The van der Waals surface area contributed by atoms with Crippen molar-refractivity contribution in [1.29, 1.82) is 0 Å². The van der Waals surface area contributed by atoms with Gasteiger partial charge in [0, 0.05) is 19.6 Å². The average molecular weight is 307 g/mol. The van der Waals surface area contributed by atoms with Crippen molar-refractivity contribution in [1.82, 2.24) is 15.1 Å². The molecule has 4 nitrogen and oxygen atoms in total. The van der Waals surface area contributed by atoms with Gasteiger partial charge in [-0.1, -0.05) is 26.0 Å². The van der Waals surface area contributed by atoms with Gasteiger partial charge in [-0.25, -0.2) is 9.18 Å². The van der Waals surface area contributed by atoms with E-state index in [0.717, 1.165) is 44.6 Å². The van der Waals surface area contributed by atoms with Crippen LogP contribution in [0.5, 0.6) is 0 Å². The molecule has 122 valence electrons. The second kappa shape index (κ2) is 8.13. The highest BCUT2D eigenvalue weighted by molar-refractivity contribution is 5.75. The first-order valence-corrected chi connectivity index (χ1v) is 8.18. The first-order chi connectivity index (χ1) is 10.7. The van der Waals surface area contributed by atoms with Crippen LogP contribution >= 0.6 is 0 Å². The summed E-state index contributed by atoms with van der Waals surface area (Å²) >= 11 is 0. The molecular weight excluding hydrogens is 281 g/mol. The second-order valence-electron chi connectivity index (χ2n) is 5.66. The fourth-order valence-corrected chi connectivity index (χ4v) is 3.00. The predicted octanol–water partition coefficient (Wildman–Crippen LogP) is 3.01. The quantitative estimate of drug-likeness (QED) is 0.877. The number of rotatable bonds is 6. The maximum Gasteiger partial charge on any atom is 0.317 e. The van der Waals surface area contributed by atoms with Crippen molar-refractivity contribution < 1.29 is 9.18 Å². The minimum absolute atomic E-state index is 0.0148. The number of nitrogens with zero attached hydrogens (tertiary/aromatic N) is 2. The van der Waals surface area contributed by atoms with Crippen LogP contribution in [0.25, 0.3) is 0 Å². The molecule has 1 aliphatic heterocycles. The molecule has 1 aliphatic rings. The summed E-state index contributed by atoms with van der Waals surface area (Å²) in [6.07, 6.45) is 1.93. The number of likely N-dealkylation sites (N-methyl/N-ethyl adjacent to an activating group) is 1. The number of benzene rings is 1. The molecule has 0 bridgehead atoms. The topological polar surface area (TPSA) is 35.6 Å². The second-order valence-corrected chi connectivity index (χ2v) is 5.66. The van der Waals surface area contributed by atoms with Crippen LogP contribution in [0.2, 0.25) is 0 Å². The average Bonchev–Trinajstić information content (AvgIpc) is 3.02. The molecule has 0 radical (unpaired) electrons. The maximum atomic E-state index is 13.0. The number of nitrogens with one attached hydrogen (secondary N) is 1. The molecule has 0 aliphatic carbocycles. The van der Waals surface area contributed by atoms with E-state index in [4.69, 9.17) is 0 Å². The van der Waals surface area contributed by atoms with E-state index in [9.17, 15) is 9.18 Å². The molecule has 1 aromatic carbocycles. The third kappa shape index (κ3) is 4.19. The van der Waals surface area contributed by atoms with E-state index in [1.807, 2.05) is 4.90 Å². The number of urea groups is 1. The molecule has 0 spiro atoms. The molecule has 22 heavy (non-hydrogen) atoms. The first-order valence-electron chi connectivity index (χ1n) is 8.18. The van der Waals surface area contributed by atoms with Crippen LogP contribution in [0.3, 0.4) is 0 Å². The van der Waals surface area contributed by atoms with Crippen molar-refractivity contribution in [2.24, 2.45) is 0 Å². The number of halogens is 1. The summed E-state index contributed by atoms with van der Waals surface area (Å²) in [7, 11) is 0. The van der Waals surface area contributed by atoms with Gasteiger partial charge >= 0.3 is 6.03 Å². The molecule has 2 amide bonds. The predicted molar refractivity (Wildman–Crippen MR) is 86.3 cm³/mol. The Kier molecular flexibility index (Phi) is 6.19. The van der Waals surface area contributed by atoms with E-state index in [1.54, 1.807) is 12.1 Å².